The highest BCUT2D eigenvalue weighted by Crippen LogP contribution is 2.39. The van der Waals surface area contributed by atoms with Crippen LogP contribution in [-0.2, 0) is 13.2 Å². The van der Waals surface area contributed by atoms with Crippen molar-refractivity contribution in [1.29, 1.82) is 0 Å². The SMILES string of the molecule is COc1cc(CNCCC2CCN(C)CC2)cc(OC)c1OCc1ccccc1. The molecule has 0 aliphatic carbocycles. The van der Waals surface area contributed by atoms with Crippen LogP contribution in [0.4, 0.5) is 0 Å². The van der Waals surface area contributed by atoms with Gasteiger partial charge in [0.15, 0.2) is 11.5 Å². The second-order valence-corrected chi connectivity index (χ2v) is 7.82. The minimum Gasteiger partial charge on any atom is -0.493 e. The van der Waals surface area contributed by atoms with E-state index in [1.54, 1.807) is 14.2 Å². The highest BCUT2D eigenvalue weighted by Gasteiger charge is 2.17. The van der Waals surface area contributed by atoms with E-state index in [0.717, 1.165) is 30.1 Å². The molecule has 5 heteroatoms. The van der Waals surface area contributed by atoms with Gasteiger partial charge in [0.1, 0.15) is 6.61 Å². The molecule has 1 fully saturated rings. The van der Waals surface area contributed by atoms with Crippen LogP contribution in [0.3, 0.4) is 0 Å². The Labute approximate surface area is 175 Å². The number of piperidine rings is 1. The highest BCUT2D eigenvalue weighted by molar-refractivity contribution is 5.54. The van der Waals surface area contributed by atoms with Crippen LogP contribution in [-0.4, -0.2) is 45.8 Å². The number of hydrogen-bond donors (Lipinski definition) is 1. The minimum atomic E-state index is 0.474. The molecule has 1 aliphatic rings. The predicted octanol–water partition coefficient (Wildman–Crippen LogP) is 4.10. The third kappa shape index (κ3) is 6.38. The van der Waals surface area contributed by atoms with Crippen molar-refractivity contribution in [2.75, 3.05) is 40.9 Å². The van der Waals surface area contributed by atoms with Gasteiger partial charge in [0.2, 0.25) is 5.75 Å². The second-order valence-electron chi connectivity index (χ2n) is 7.82. The standard InChI is InChI=1S/C24H34N2O3/c1-26-13-10-19(11-14-26)9-12-25-17-21-15-22(27-2)24(23(16-21)28-3)29-18-20-7-5-4-6-8-20/h4-8,15-16,19,25H,9-14,17-18H2,1-3H3. The number of nitrogens with one attached hydrogen (secondary N) is 1. The Bertz CT molecular complexity index is 718. The lowest BCUT2D eigenvalue weighted by molar-refractivity contribution is 0.211. The third-order valence-electron chi connectivity index (χ3n) is 5.64. The molecule has 0 radical (unpaired) electrons. The second kappa shape index (κ2) is 11.1. The van der Waals surface area contributed by atoms with Crippen LogP contribution in [0.15, 0.2) is 42.5 Å². The fourth-order valence-electron chi connectivity index (χ4n) is 3.80. The summed E-state index contributed by atoms with van der Waals surface area (Å²) < 4.78 is 17.2. The molecule has 2 aromatic carbocycles. The average Bonchev–Trinajstić information content (AvgIpc) is 2.77. The van der Waals surface area contributed by atoms with Gasteiger partial charge in [0.05, 0.1) is 14.2 Å². The number of hydrogen-bond acceptors (Lipinski definition) is 5. The van der Waals surface area contributed by atoms with E-state index in [9.17, 15) is 0 Å². The molecular formula is C24H34N2O3. The summed E-state index contributed by atoms with van der Waals surface area (Å²) in [4.78, 5) is 2.42. The Balaban J connectivity index is 1.55. The number of likely N-dealkylation sites (tertiary alicyclic amines) is 1. The largest absolute Gasteiger partial charge is 0.493 e. The monoisotopic (exact) mass is 398 g/mol. The van der Waals surface area contributed by atoms with Crippen LogP contribution < -0.4 is 19.5 Å². The molecule has 0 aromatic heterocycles. The summed E-state index contributed by atoms with van der Waals surface area (Å²) in [6, 6.07) is 14.2. The molecule has 1 aliphatic heterocycles. The lowest BCUT2D eigenvalue weighted by Gasteiger charge is -2.28. The first-order valence-corrected chi connectivity index (χ1v) is 10.5. The fourth-order valence-corrected chi connectivity index (χ4v) is 3.80. The number of benzene rings is 2. The molecule has 0 saturated carbocycles. The van der Waals surface area contributed by atoms with Gasteiger partial charge in [-0.1, -0.05) is 30.3 Å². The van der Waals surface area contributed by atoms with Crippen LogP contribution in [0, 0.1) is 5.92 Å². The van der Waals surface area contributed by atoms with Crippen molar-refractivity contribution in [3.05, 3.63) is 53.6 Å². The Morgan fingerprint density at radius 2 is 1.62 bits per heavy atom. The summed E-state index contributed by atoms with van der Waals surface area (Å²) in [7, 11) is 5.55. The van der Waals surface area contributed by atoms with Gasteiger partial charge in [-0.15, -0.1) is 0 Å². The number of nitrogens with zero attached hydrogens (tertiary/aromatic N) is 1. The van der Waals surface area contributed by atoms with E-state index in [2.05, 4.69) is 17.3 Å². The van der Waals surface area contributed by atoms with Gasteiger partial charge in [-0.05, 0) is 75.1 Å². The van der Waals surface area contributed by atoms with Crippen LogP contribution in [0.5, 0.6) is 17.2 Å². The molecule has 0 bridgehead atoms. The first-order chi connectivity index (χ1) is 14.2. The Hall–Kier alpha value is -2.24. The molecule has 0 unspecified atom stereocenters. The van der Waals surface area contributed by atoms with Crippen molar-refractivity contribution in [1.82, 2.24) is 10.2 Å². The van der Waals surface area contributed by atoms with Crippen molar-refractivity contribution < 1.29 is 14.2 Å². The van der Waals surface area contributed by atoms with E-state index in [4.69, 9.17) is 14.2 Å². The van der Waals surface area contributed by atoms with E-state index in [-0.39, 0.29) is 0 Å². The molecule has 0 atom stereocenters. The van der Waals surface area contributed by atoms with Gasteiger partial charge in [-0.2, -0.15) is 0 Å². The van der Waals surface area contributed by atoms with E-state index in [1.165, 1.54) is 32.4 Å². The van der Waals surface area contributed by atoms with Gasteiger partial charge >= 0.3 is 0 Å². The van der Waals surface area contributed by atoms with E-state index < -0.39 is 0 Å². The van der Waals surface area contributed by atoms with Crippen LogP contribution in [0.1, 0.15) is 30.4 Å². The van der Waals surface area contributed by atoms with Crippen LogP contribution >= 0.6 is 0 Å². The molecular weight excluding hydrogens is 364 g/mol. The predicted molar refractivity (Wildman–Crippen MR) is 117 cm³/mol. The molecule has 29 heavy (non-hydrogen) atoms. The summed E-state index contributed by atoms with van der Waals surface area (Å²) in [6.45, 7) is 4.75. The molecule has 3 rings (SSSR count). The molecule has 1 N–H and O–H groups in total. The Morgan fingerprint density at radius 1 is 0.966 bits per heavy atom. The topological polar surface area (TPSA) is 43.0 Å². The molecule has 158 valence electrons. The van der Waals surface area contributed by atoms with Crippen LogP contribution in [0.25, 0.3) is 0 Å². The first kappa shape index (κ1) is 21.5. The quantitative estimate of drug-likeness (QED) is 0.610. The molecule has 5 nitrogen and oxygen atoms in total. The highest BCUT2D eigenvalue weighted by atomic mass is 16.5. The molecule has 1 saturated heterocycles. The van der Waals surface area contributed by atoms with Gasteiger partial charge in [0.25, 0.3) is 0 Å². The first-order valence-electron chi connectivity index (χ1n) is 10.5. The summed E-state index contributed by atoms with van der Waals surface area (Å²) in [5, 5.41) is 3.57. The summed E-state index contributed by atoms with van der Waals surface area (Å²) in [6.07, 6.45) is 3.86. The zero-order chi connectivity index (χ0) is 20.5. The summed E-state index contributed by atoms with van der Waals surface area (Å²) >= 11 is 0. The van der Waals surface area contributed by atoms with Crippen molar-refractivity contribution in [2.45, 2.75) is 32.4 Å². The molecule has 2 aromatic rings. The van der Waals surface area contributed by atoms with E-state index in [1.807, 2.05) is 42.5 Å². The fraction of sp³-hybridized carbons (Fsp3) is 0.500. The Morgan fingerprint density at radius 3 is 2.24 bits per heavy atom. The zero-order valence-corrected chi connectivity index (χ0v) is 17.9. The maximum atomic E-state index is 6.03. The summed E-state index contributed by atoms with van der Waals surface area (Å²) in [5.74, 6) is 2.89. The number of methoxy groups -OCH3 is 2. The van der Waals surface area contributed by atoms with E-state index in [0.29, 0.717) is 23.9 Å². The minimum absolute atomic E-state index is 0.474. The van der Waals surface area contributed by atoms with Crippen molar-refractivity contribution in [3.8, 4) is 17.2 Å². The maximum Gasteiger partial charge on any atom is 0.203 e. The van der Waals surface area contributed by atoms with Crippen molar-refractivity contribution in [2.24, 2.45) is 5.92 Å². The smallest absolute Gasteiger partial charge is 0.203 e. The van der Waals surface area contributed by atoms with Gasteiger partial charge in [-0.3, -0.25) is 0 Å². The summed E-state index contributed by atoms with van der Waals surface area (Å²) in [5.41, 5.74) is 2.24. The molecule has 1 heterocycles. The van der Waals surface area contributed by atoms with Crippen molar-refractivity contribution >= 4 is 0 Å². The van der Waals surface area contributed by atoms with Gasteiger partial charge < -0.3 is 24.4 Å². The Kier molecular flexibility index (Phi) is 8.20. The van der Waals surface area contributed by atoms with Gasteiger partial charge in [-0.25, -0.2) is 0 Å². The van der Waals surface area contributed by atoms with Crippen LogP contribution in [0.2, 0.25) is 0 Å². The number of rotatable bonds is 10. The van der Waals surface area contributed by atoms with Gasteiger partial charge in [0, 0.05) is 6.54 Å². The normalized spacial score (nSPS) is 15.3. The van der Waals surface area contributed by atoms with Crippen molar-refractivity contribution in [3.63, 3.8) is 0 Å². The number of ether oxygens (including phenoxy) is 3. The molecule has 0 spiro atoms. The lowest BCUT2D eigenvalue weighted by atomic mass is 9.94. The zero-order valence-electron chi connectivity index (χ0n) is 17.9. The average molecular weight is 399 g/mol. The van der Waals surface area contributed by atoms with E-state index >= 15 is 0 Å². The third-order valence-corrected chi connectivity index (χ3v) is 5.64. The lowest BCUT2D eigenvalue weighted by Crippen LogP contribution is -2.31. The molecule has 0 amide bonds. The maximum absolute atomic E-state index is 6.03.